The van der Waals surface area contributed by atoms with E-state index in [1.165, 1.54) is 0 Å². The van der Waals surface area contributed by atoms with Gasteiger partial charge in [0.15, 0.2) is 5.82 Å². The van der Waals surface area contributed by atoms with Crippen LogP contribution in [0.1, 0.15) is 55.8 Å². The minimum Gasteiger partial charge on any atom is -0.365 e. The number of carbonyl (C=O) groups is 2. The van der Waals surface area contributed by atoms with Crippen molar-refractivity contribution >= 4 is 17.6 Å². The van der Waals surface area contributed by atoms with Gasteiger partial charge in [-0.05, 0) is 52.1 Å². The number of primary amides is 1. The molecule has 2 fully saturated rings. The van der Waals surface area contributed by atoms with Crippen molar-refractivity contribution < 1.29 is 9.59 Å². The molecule has 1 aromatic rings. The number of anilines is 1. The van der Waals surface area contributed by atoms with Crippen molar-refractivity contribution in [3.8, 4) is 0 Å². The van der Waals surface area contributed by atoms with E-state index in [-0.39, 0.29) is 23.2 Å². The molecule has 27 heavy (non-hydrogen) atoms. The molecule has 1 aromatic heterocycles. The maximum atomic E-state index is 12.1. The quantitative estimate of drug-likeness (QED) is 0.714. The highest BCUT2D eigenvalue weighted by Gasteiger charge is 2.42. The first kappa shape index (κ1) is 19.4. The summed E-state index contributed by atoms with van der Waals surface area (Å²) < 4.78 is 1.72. The van der Waals surface area contributed by atoms with Crippen molar-refractivity contribution in [2.75, 3.05) is 25.5 Å². The van der Waals surface area contributed by atoms with Crippen LogP contribution in [0.2, 0.25) is 0 Å². The van der Waals surface area contributed by atoms with E-state index in [2.05, 4.69) is 34.1 Å². The van der Waals surface area contributed by atoms with E-state index in [0.29, 0.717) is 12.6 Å². The number of nitrogens with two attached hydrogens (primary N) is 1. The molecule has 0 spiro atoms. The summed E-state index contributed by atoms with van der Waals surface area (Å²) in [5.74, 6) is -0.510. The topological polar surface area (TPSA) is 97.6 Å². The molecule has 2 aliphatic carbocycles. The summed E-state index contributed by atoms with van der Waals surface area (Å²) in [4.78, 5) is 30.0. The fourth-order valence-corrected chi connectivity index (χ4v) is 3.90. The Morgan fingerprint density at radius 2 is 2.07 bits per heavy atom. The normalized spacial score (nSPS) is 25.2. The largest absolute Gasteiger partial charge is 0.365 e. The van der Waals surface area contributed by atoms with Crippen LogP contribution in [0.4, 0.5) is 5.82 Å². The van der Waals surface area contributed by atoms with Crippen molar-refractivity contribution in [1.29, 1.82) is 0 Å². The van der Waals surface area contributed by atoms with Crippen molar-refractivity contribution in [3.05, 3.63) is 23.2 Å². The van der Waals surface area contributed by atoms with E-state index in [1.54, 1.807) is 10.9 Å². The second-order valence-electron chi connectivity index (χ2n) is 7.81. The van der Waals surface area contributed by atoms with Gasteiger partial charge in [-0.15, -0.1) is 0 Å². The third kappa shape index (κ3) is 3.98. The molecular weight excluding hydrogens is 344 g/mol. The first-order valence-electron chi connectivity index (χ1n) is 9.64. The highest BCUT2D eigenvalue weighted by molar-refractivity contribution is 6.02. The molecule has 0 radical (unpaired) electrons. The van der Waals surface area contributed by atoms with E-state index in [0.717, 1.165) is 45.1 Å². The van der Waals surface area contributed by atoms with Gasteiger partial charge in [0, 0.05) is 18.2 Å². The zero-order chi connectivity index (χ0) is 19.6. The van der Waals surface area contributed by atoms with Gasteiger partial charge >= 0.3 is 0 Å². The lowest BCUT2D eigenvalue weighted by atomic mass is 9.79. The Hall–Kier alpha value is -2.40. The molecule has 2 saturated carbocycles. The van der Waals surface area contributed by atoms with Crippen LogP contribution < -0.4 is 11.1 Å². The van der Waals surface area contributed by atoms with Crippen LogP contribution in [0.25, 0.3) is 4.85 Å². The fourth-order valence-electron chi connectivity index (χ4n) is 3.90. The molecule has 0 aliphatic heterocycles. The first-order chi connectivity index (χ1) is 12.9. The van der Waals surface area contributed by atoms with Crippen molar-refractivity contribution in [2.24, 2.45) is 11.7 Å². The number of carbonyl (C=O) groups excluding carboxylic acids is 2. The van der Waals surface area contributed by atoms with E-state index in [9.17, 15) is 9.59 Å². The fraction of sp³-hybridized carbons (Fsp3) is 0.684. The zero-order valence-electron chi connectivity index (χ0n) is 16.1. The monoisotopic (exact) mass is 372 g/mol. The summed E-state index contributed by atoms with van der Waals surface area (Å²) in [6.07, 6.45) is 6.89. The number of hydrogen-bond donors (Lipinski definition) is 2. The summed E-state index contributed by atoms with van der Waals surface area (Å²) in [7, 11) is 2.12. The van der Waals surface area contributed by atoms with Gasteiger partial charge in [0.1, 0.15) is 11.1 Å². The zero-order valence-corrected chi connectivity index (χ0v) is 16.1. The van der Waals surface area contributed by atoms with Gasteiger partial charge in [-0.1, -0.05) is 6.92 Å². The lowest BCUT2D eigenvalue weighted by Crippen LogP contribution is -2.45. The molecule has 146 valence electrons. The molecule has 0 atom stereocenters. The van der Waals surface area contributed by atoms with E-state index in [4.69, 9.17) is 12.3 Å². The maximum Gasteiger partial charge on any atom is 0.254 e. The Labute approximate surface area is 159 Å². The van der Waals surface area contributed by atoms with Crippen LogP contribution in [-0.4, -0.2) is 52.7 Å². The second kappa shape index (κ2) is 7.69. The number of rotatable bonds is 7. The predicted molar refractivity (Wildman–Crippen MR) is 102 cm³/mol. The summed E-state index contributed by atoms with van der Waals surface area (Å²) in [6.45, 7) is 10.8. The van der Waals surface area contributed by atoms with Crippen LogP contribution in [0.3, 0.4) is 0 Å². The number of amides is 2. The SMILES string of the molecule is [C-]#[N+]CC1(n2cc(C(N)=O)c(NC(=O)C3CC3)n2)CCC(N(C)CC)CC1. The summed E-state index contributed by atoms with van der Waals surface area (Å²) >= 11 is 0. The molecule has 1 heterocycles. The lowest BCUT2D eigenvalue weighted by Gasteiger charge is -2.39. The van der Waals surface area contributed by atoms with Crippen LogP contribution in [-0.2, 0) is 10.3 Å². The van der Waals surface area contributed by atoms with Crippen LogP contribution in [0, 0.1) is 12.5 Å². The Morgan fingerprint density at radius 3 is 2.59 bits per heavy atom. The minimum absolute atomic E-state index is 0.00750. The van der Waals surface area contributed by atoms with Gasteiger partial charge in [0.25, 0.3) is 5.91 Å². The van der Waals surface area contributed by atoms with Gasteiger partial charge in [-0.2, -0.15) is 5.10 Å². The van der Waals surface area contributed by atoms with Gasteiger partial charge < -0.3 is 20.8 Å². The molecule has 0 saturated heterocycles. The van der Waals surface area contributed by atoms with Gasteiger partial charge in [0.05, 0.1) is 0 Å². The highest BCUT2D eigenvalue weighted by atomic mass is 16.2. The van der Waals surface area contributed by atoms with Crippen LogP contribution in [0.5, 0.6) is 0 Å². The third-order valence-corrected chi connectivity index (χ3v) is 6.04. The van der Waals surface area contributed by atoms with Crippen LogP contribution >= 0.6 is 0 Å². The van der Waals surface area contributed by atoms with Crippen molar-refractivity contribution in [2.45, 2.75) is 57.0 Å². The Kier molecular flexibility index (Phi) is 5.51. The molecule has 8 heteroatoms. The Morgan fingerprint density at radius 1 is 1.41 bits per heavy atom. The maximum absolute atomic E-state index is 12.1. The summed E-state index contributed by atoms with van der Waals surface area (Å²) in [6, 6.07) is 0.495. The molecule has 0 bridgehead atoms. The molecule has 2 aliphatic rings. The average Bonchev–Trinajstić information content (AvgIpc) is 3.42. The number of nitrogens with zero attached hydrogens (tertiary/aromatic N) is 4. The second-order valence-corrected chi connectivity index (χ2v) is 7.81. The lowest BCUT2D eigenvalue weighted by molar-refractivity contribution is -0.117. The third-order valence-electron chi connectivity index (χ3n) is 6.04. The van der Waals surface area contributed by atoms with Crippen molar-refractivity contribution in [1.82, 2.24) is 14.7 Å². The number of nitrogens with one attached hydrogen (secondary N) is 1. The highest BCUT2D eigenvalue weighted by Crippen LogP contribution is 2.38. The smallest absolute Gasteiger partial charge is 0.254 e. The molecule has 8 nitrogen and oxygen atoms in total. The average molecular weight is 372 g/mol. The number of aromatic nitrogens is 2. The molecule has 0 aromatic carbocycles. The Bertz CT molecular complexity index is 753. The first-order valence-corrected chi connectivity index (χ1v) is 9.64. The van der Waals surface area contributed by atoms with Crippen molar-refractivity contribution in [3.63, 3.8) is 0 Å². The Balaban J connectivity index is 1.86. The van der Waals surface area contributed by atoms with Gasteiger partial charge in [-0.3, -0.25) is 14.3 Å². The molecular formula is C19H28N6O2. The number of hydrogen-bond acceptors (Lipinski definition) is 4. The molecule has 2 amide bonds. The molecule has 3 N–H and O–H groups in total. The minimum atomic E-state index is -0.621. The molecule has 3 rings (SSSR count). The predicted octanol–water partition coefficient (Wildman–Crippen LogP) is 1.84. The van der Waals surface area contributed by atoms with E-state index >= 15 is 0 Å². The summed E-state index contributed by atoms with van der Waals surface area (Å²) in [5.41, 5.74) is 5.26. The van der Waals surface area contributed by atoms with Crippen LogP contribution in [0.15, 0.2) is 6.20 Å². The van der Waals surface area contributed by atoms with E-state index in [1.807, 2.05) is 0 Å². The standard InChI is InChI=1S/C19H28N6O2/c1-4-24(3)14-7-9-19(10-8-14,12-21-2)25-11-15(16(20)26)17(23-25)22-18(27)13-5-6-13/h11,13-14H,4-10,12H2,1,3H3,(H2,20,26)(H,22,23,27). The van der Waals surface area contributed by atoms with Gasteiger partial charge in [-0.25, -0.2) is 6.57 Å². The van der Waals surface area contributed by atoms with Gasteiger partial charge in [0.2, 0.25) is 12.5 Å². The van der Waals surface area contributed by atoms with E-state index < -0.39 is 11.4 Å². The summed E-state index contributed by atoms with van der Waals surface area (Å²) in [5, 5.41) is 7.26. The molecule has 0 unspecified atom stereocenters.